The van der Waals surface area contributed by atoms with Crippen molar-refractivity contribution in [3.63, 3.8) is 0 Å². The van der Waals surface area contributed by atoms with Crippen LogP contribution in [0.15, 0.2) is 0 Å². The lowest BCUT2D eigenvalue weighted by molar-refractivity contribution is -0.329. The molecule has 1 aliphatic carbocycles. The van der Waals surface area contributed by atoms with Crippen LogP contribution in [0.25, 0.3) is 0 Å². The first-order valence-corrected chi connectivity index (χ1v) is 8.06. The highest BCUT2D eigenvalue weighted by atomic mass is 16.8. The number of ether oxygens (including phenoxy) is 3. The Hall–Kier alpha value is -0.560. The van der Waals surface area contributed by atoms with Crippen LogP contribution >= 0.6 is 0 Å². The molecule has 7 atom stereocenters. The Bertz CT molecular complexity index is 375. The summed E-state index contributed by atoms with van der Waals surface area (Å²) in [5.74, 6) is 4.92. The van der Waals surface area contributed by atoms with Gasteiger partial charge in [-0.3, -0.25) is 0 Å². The molecule has 2 aliphatic heterocycles. The van der Waals surface area contributed by atoms with Crippen LogP contribution in [0.2, 0.25) is 0 Å². The Balaban J connectivity index is 1.80. The molecule has 0 radical (unpaired) electrons. The minimum absolute atomic E-state index is 0.0956. The van der Waals surface area contributed by atoms with Crippen molar-refractivity contribution < 1.29 is 14.2 Å². The van der Waals surface area contributed by atoms with Gasteiger partial charge in [-0.25, -0.2) is 0 Å². The molecule has 3 heteroatoms. The minimum Gasteiger partial charge on any atom is -0.349 e. The van der Waals surface area contributed by atoms with E-state index in [9.17, 15) is 0 Å². The lowest BCUT2D eigenvalue weighted by Crippen LogP contribution is -2.52. The summed E-state index contributed by atoms with van der Waals surface area (Å²) in [6.07, 6.45) is 11.7. The third-order valence-electron chi connectivity index (χ3n) is 5.48. The maximum Gasteiger partial charge on any atom is 0.164 e. The topological polar surface area (TPSA) is 27.7 Å². The van der Waals surface area contributed by atoms with Crippen LogP contribution in [-0.2, 0) is 14.2 Å². The van der Waals surface area contributed by atoms with E-state index < -0.39 is 0 Å². The molecule has 0 aromatic carbocycles. The molecule has 20 heavy (non-hydrogen) atoms. The van der Waals surface area contributed by atoms with Gasteiger partial charge in [0.1, 0.15) is 6.61 Å². The Labute approximate surface area is 122 Å². The van der Waals surface area contributed by atoms with E-state index in [1.165, 1.54) is 25.7 Å². The van der Waals surface area contributed by atoms with Gasteiger partial charge in [-0.05, 0) is 44.4 Å². The summed E-state index contributed by atoms with van der Waals surface area (Å²) >= 11 is 0. The van der Waals surface area contributed by atoms with E-state index >= 15 is 0 Å². The molecular weight excluding hydrogens is 252 g/mol. The fourth-order valence-electron chi connectivity index (χ4n) is 4.46. The predicted octanol–water partition coefficient (Wildman–Crippen LogP) is 3.19. The van der Waals surface area contributed by atoms with Crippen LogP contribution in [-0.4, -0.2) is 25.3 Å². The molecule has 3 nitrogen and oxygen atoms in total. The molecule has 0 amide bonds. The van der Waals surface area contributed by atoms with Crippen LogP contribution in [0.5, 0.6) is 0 Å². The van der Waals surface area contributed by atoms with Gasteiger partial charge >= 0.3 is 0 Å². The van der Waals surface area contributed by atoms with Crippen molar-refractivity contribution in [3.8, 4) is 12.3 Å². The molecule has 7 unspecified atom stereocenters. The summed E-state index contributed by atoms with van der Waals surface area (Å²) in [5.41, 5.74) is 0. The van der Waals surface area contributed by atoms with Crippen LogP contribution < -0.4 is 0 Å². The van der Waals surface area contributed by atoms with E-state index in [-0.39, 0.29) is 18.7 Å². The monoisotopic (exact) mass is 278 g/mol. The average Bonchev–Trinajstić information content (AvgIpc) is 2.61. The molecule has 0 bridgehead atoms. The van der Waals surface area contributed by atoms with Gasteiger partial charge < -0.3 is 14.2 Å². The third kappa shape index (κ3) is 2.62. The quantitative estimate of drug-likeness (QED) is 0.726. The second-order valence-electron chi connectivity index (χ2n) is 6.70. The van der Waals surface area contributed by atoms with E-state index in [1.54, 1.807) is 0 Å². The van der Waals surface area contributed by atoms with Crippen molar-refractivity contribution in [3.05, 3.63) is 0 Å². The standard InChI is InChI=1S/C17H26O3/c1-4-10-18-16-12(3)14-7-5-6-13-9-8-11(2)19-17(20-16)15(13)14/h1,11-17H,5-10H2,2-3H3. The van der Waals surface area contributed by atoms with Crippen LogP contribution in [0.3, 0.4) is 0 Å². The maximum absolute atomic E-state index is 6.16. The van der Waals surface area contributed by atoms with Gasteiger partial charge in [-0.15, -0.1) is 6.42 Å². The molecule has 0 aromatic heterocycles. The SMILES string of the molecule is C#CCOC1OC2OC(C)CCC3CCCC(C1C)C32. The predicted molar refractivity (Wildman–Crippen MR) is 76.7 cm³/mol. The zero-order valence-corrected chi connectivity index (χ0v) is 12.6. The number of hydrogen-bond donors (Lipinski definition) is 0. The average molecular weight is 278 g/mol. The fourth-order valence-corrected chi connectivity index (χ4v) is 4.46. The van der Waals surface area contributed by atoms with Crippen LogP contribution in [0.4, 0.5) is 0 Å². The van der Waals surface area contributed by atoms with Gasteiger partial charge in [-0.2, -0.15) is 0 Å². The van der Waals surface area contributed by atoms with Crippen molar-refractivity contribution in [2.24, 2.45) is 23.7 Å². The second-order valence-corrected chi connectivity index (χ2v) is 6.70. The van der Waals surface area contributed by atoms with Crippen molar-refractivity contribution in [2.75, 3.05) is 6.61 Å². The highest BCUT2D eigenvalue weighted by Gasteiger charge is 2.50. The lowest BCUT2D eigenvalue weighted by atomic mass is 9.65. The molecule has 112 valence electrons. The molecule has 3 aliphatic rings. The summed E-state index contributed by atoms with van der Waals surface area (Å²) < 4.78 is 18.0. The van der Waals surface area contributed by atoms with Crippen LogP contribution in [0.1, 0.15) is 46.0 Å². The Morgan fingerprint density at radius 2 is 2.00 bits per heavy atom. The van der Waals surface area contributed by atoms with E-state index in [0.717, 1.165) is 12.3 Å². The summed E-state index contributed by atoms with van der Waals surface area (Å²) in [7, 11) is 0. The second kappa shape index (κ2) is 6.05. The fraction of sp³-hybridized carbons (Fsp3) is 0.882. The molecule has 3 rings (SSSR count). The highest BCUT2D eigenvalue weighted by molar-refractivity contribution is 4.93. The van der Waals surface area contributed by atoms with E-state index in [1.807, 2.05) is 0 Å². The number of rotatable bonds is 2. The summed E-state index contributed by atoms with van der Waals surface area (Å²) in [5, 5.41) is 0. The molecule has 1 saturated carbocycles. The first-order chi connectivity index (χ1) is 9.70. The van der Waals surface area contributed by atoms with Crippen molar-refractivity contribution in [1.82, 2.24) is 0 Å². The summed E-state index contributed by atoms with van der Waals surface area (Å²) in [4.78, 5) is 0. The third-order valence-corrected chi connectivity index (χ3v) is 5.48. The molecule has 2 saturated heterocycles. The first-order valence-electron chi connectivity index (χ1n) is 8.06. The molecule has 2 heterocycles. The number of hydrogen-bond acceptors (Lipinski definition) is 3. The Morgan fingerprint density at radius 3 is 2.80 bits per heavy atom. The zero-order valence-electron chi connectivity index (χ0n) is 12.6. The van der Waals surface area contributed by atoms with E-state index in [4.69, 9.17) is 20.6 Å². The molecular formula is C17H26O3. The Kier molecular flexibility index (Phi) is 4.35. The summed E-state index contributed by atoms with van der Waals surface area (Å²) in [6, 6.07) is 0. The Morgan fingerprint density at radius 1 is 1.15 bits per heavy atom. The van der Waals surface area contributed by atoms with Crippen LogP contribution in [0, 0.1) is 36.0 Å². The van der Waals surface area contributed by atoms with Gasteiger partial charge in [-0.1, -0.05) is 19.3 Å². The number of terminal acetylenes is 1. The maximum atomic E-state index is 6.16. The lowest BCUT2D eigenvalue weighted by Gasteiger charge is -2.50. The van der Waals surface area contributed by atoms with Crippen molar-refractivity contribution in [2.45, 2.75) is 64.6 Å². The van der Waals surface area contributed by atoms with E-state index in [0.29, 0.717) is 24.4 Å². The van der Waals surface area contributed by atoms with Gasteiger partial charge in [0.25, 0.3) is 0 Å². The van der Waals surface area contributed by atoms with Crippen molar-refractivity contribution >= 4 is 0 Å². The van der Waals surface area contributed by atoms with Gasteiger partial charge in [0.2, 0.25) is 0 Å². The minimum atomic E-state index is -0.207. The molecule has 0 spiro atoms. The molecule has 0 aromatic rings. The highest BCUT2D eigenvalue weighted by Crippen LogP contribution is 2.50. The first kappa shape index (κ1) is 14.4. The molecule has 3 fully saturated rings. The van der Waals surface area contributed by atoms with Crippen molar-refractivity contribution in [1.29, 1.82) is 0 Å². The zero-order chi connectivity index (χ0) is 14.1. The smallest absolute Gasteiger partial charge is 0.164 e. The van der Waals surface area contributed by atoms with Gasteiger partial charge in [0.05, 0.1) is 6.10 Å². The van der Waals surface area contributed by atoms with Gasteiger partial charge in [0, 0.05) is 11.8 Å². The molecule has 0 N–H and O–H groups in total. The summed E-state index contributed by atoms with van der Waals surface area (Å²) in [6.45, 7) is 4.72. The van der Waals surface area contributed by atoms with E-state index in [2.05, 4.69) is 19.8 Å². The largest absolute Gasteiger partial charge is 0.349 e. The van der Waals surface area contributed by atoms with Gasteiger partial charge in [0.15, 0.2) is 12.6 Å². The normalized spacial score (nSPS) is 48.0.